The fourth-order valence-corrected chi connectivity index (χ4v) is 1.19. The Morgan fingerprint density at radius 1 is 1.31 bits per heavy atom. The third kappa shape index (κ3) is 2.38. The normalized spacial score (nSPS) is 10.1. The van der Waals surface area contributed by atoms with E-state index in [0.29, 0.717) is 5.89 Å². The predicted octanol–water partition coefficient (Wildman–Crippen LogP) is 1.91. The largest absolute Gasteiger partial charge is 0.403 e. The molecular weight excluding hydrogens is 230 g/mol. The van der Waals surface area contributed by atoms with E-state index in [9.17, 15) is 4.79 Å². The first-order valence-corrected chi connectivity index (χ1v) is 5.08. The highest BCUT2D eigenvalue weighted by Crippen LogP contribution is 2.18. The van der Waals surface area contributed by atoms with E-state index in [1.807, 2.05) is 30.3 Å². The van der Waals surface area contributed by atoms with Gasteiger partial charge in [0.15, 0.2) is 0 Å². The minimum Gasteiger partial charge on any atom is -0.403 e. The van der Waals surface area contributed by atoms with E-state index in [2.05, 4.69) is 15.5 Å². The number of benzene rings is 1. The van der Waals surface area contributed by atoms with Gasteiger partial charge in [0.05, 0.1) is 0 Å². The molecule has 1 heterocycles. The molecule has 16 heavy (non-hydrogen) atoms. The third-order valence-corrected chi connectivity index (χ3v) is 2.06. The van der Waals surface area contributed by atoms with Crippen LogP contribution in [0, 0.1) is 0 Å². The average Bonchev–Trinajstić information content (AvgIpc) is 2.78. The lowest BCUT2D eigenvalue weighted by Crippen LogP contribution is -2.12. The van der Waals surface area contributed by atoms with Gasteiger partial charge < -0.3 is 4.42 Å². The van der Waals surface area contributed by atoms with Crippen LogP contribution in [-0.2, 0) is 4.79 Å². The van der Waals surface area contributed by atoms with Crippen molar-refractivity contribution in [2.24, 2.45) is 0 Å². The number of carbonyl (C=O) groups is 1. The minimum atomic E-state index is -0.384. The Morgan fingerprint density at radius 2 is 2.06 bits per heavy atom. The van der Waals surface area contributed by atoms with E-state index in [1.54, 1.807) is 0 Å². The lowest BCUT2D eigenvalue weighted by atomic mass is 10.2. The van der Waals surface area contributed by atoms with Crippen molar-refractivity contribution in [3.63, 3.8) is 0 Å². The van der Waals surface area contributed by atoms with Crippen LogP contribution < -0.4 is 5.32 Å². The Morgan fingerprint density at radius 3 is 2.75 bits per heavy atom. The SMILES string of the molecule is O=C(CCl)Nc1nnc(-c2ccccc2)o1. The Balaban J connectivity index is 2.17. The zero-order valence-electron chi connectivity index (χ0n) is 8.18. The number of carbonyl (C=O) groups excluding carboxylic acids is 1. The van der Waals surface area contributed by atoms with Crippen LogP contribution in [0.1, 0.15) is 0 Å². The van der Waals surface area contributed by atoms with Crippen molar-refractivity contribution < 1.29 is 9.21 Å². The standard InChI is InChI=1S/C10H8ClN3O2/c11-6-8(15)12-10-14-13-9(16-10)7-4-2-1-3-5-7/h1-5H,6H2,(H,12,14,15). The van der Waals surface area contributed by atoms with Gasteiger partial charge in [0.25, 0.3) is 0 Å². The van der Waals surface area contributed by atoms with Crippen molar-refractivity contribution in [1.82, 2.24) is 10.2 Å². The molecule has 0 saturated heterocycles. The number of amides is 1. The fraction of sp³-hybridized carbons (Fsp3) is 0.100. The van der Waals surface area contributed by atoms with Gasteiger partial charge in [-0.2, -0.15) is 0 Å². The van der Waals surface area contributed by atoms with Gasteiger partial charge in [-0.1, -0.05) is 23.3 Å². The molecule has 1 amide bonds. The van der Waals surface area contributed by atoms with Crippen LogP contribution >= 0.6 is 11.6 Å². The molecule has 0 aliphatic rings. The topological polar surface area (TPSA) is 68.0 Å². The second-order valence-corrected chi connectivity index (χ2v) is 3.23. The van der Waals surface area contributed by atoms with Crippen molar-refractivity contribution in [2.45, 2.75) is 0 Å². The number of anilines is 1. The molecule has 82 valence electrons. The van der Waals surface area contributed by atoms with E-state index in [0.717, 1.165) is 5.56 Å². The Bertz CT molecular complexity index is 484. The van der Waals surface area contributed by atoms with Crippen molar-refractivity contribution in [3.05, 3.63) is 30.3 Å². The highest BCUT2D eigenvalue weighted by atomic mass is 35.5. The number of rotatable bonds is 3. The number of alkyl halides is 1. The molecule has 1 aromatic heterocycles. The zero-order chi connectivity index (χ0) is 11.4. The number of hydrogen-bond donors (Lipinski definition) is 1. The van der Waals surface area contributed by atoms with Crippen molar-refractivity contribution in [2.75, 3.05) is 11.2 Å². The highest BCUT2D eigenvalue weighted by Gasteiger charge is 2.09. The second kappa shape index (κ2) is 4.76. The molecule has 0 unspecified atom stereocenters. The maximum atomic E-state index is 11.0. The van der Waals surface area contributed by atoms with E-state index in [-0.39, 0.29) is 17.8 Å². The fourth-order valence-electron chi connectivity index (χ4n) is 1.12. The Labute approximate surface area is 96.4 Å². The van der Waals surface area contributed by atoms with E-state index < -0.39 is 0 Å². The van der Waals surface area contributed by atoms with Crippen LogP contribution in [0.25, 0.3) is 11.5 Å². The molecule has 6 heteroatoms. The molecule has 1 N–H and O–H groups in total. The van der Waals surface area contributed by atoms with Crippen LogP contribution in [0.15, 0.2) is 34.7 Å². The van der Waals surface area contributed by atoms with Gasteiger partial charge in [-0.15, -0.1) is 16.7 Å². The smallest absolute Gasteiger partial charge is 0.322 e. The molecule has 5 nitrogen and oxygen atoms in total. The summed E-state index contributed by atoms with van der Waals surface area (Å²) in [4.78, 5) is 11.0. The first-order chi connectivity index (χ1) is 7.79. The summed E-state index contributed by atoms with van der Waals surface area (Å²) in [6, 6.07) is 9.31. The summed E-state index contributed by atoms with van der Waals surface area (Å²) in [7, 11) is 0. The second-order valence-electron chi connectivity index (χ2n) is 2.96. The summed E-state index contributed by atoms with van der Waals surface area (Å²) >= 11 is 5.32. The number of nitrogens with one attached hydrogen (secondary N) is 1. The molecule has 2 aromatic rings. The van der Waals surface area contributed by atoms with Crippen LogP contribution in [0.2, 0.25) is 0 Å². The lowest BCUT2D eigenvalue weighted by molar-refractivity contribution is -0.114. The number of aromatic nitrogens is 2. The molecule has 0 atom stereocenters. The minimum absolute atomic E-state index is 0.0458. The van der Waals surface area contributed by atoms with Gasteiger partial charge in [0.2, 0.25) is 11.8 Å². The zero-order valence-corrected chi connectivity index (χ0v) is 8.94. The molecule has 0 bridgehead atoms. The number of nitrogens with zero attached hydrogens (tertiary/aromatic N) is 2. The summed E-state index contributed by atoms with van der Waals surface area (Å²) in [6.07, 6.45) is 0. The molecule has 0 spiro atoms. The first-order valence-electron chi connectivity index (χ1n) is 4.54. The first kappa shape index (κ1) is 10.6. The molecule has 0 radical (unpaired) electrons. The van der Waals surface area contributed by atoms with Crippen LogP contribution in [-0.4, -0.2) is 22.0 Å². The van der Waals surface area contributed by atoms with Crippen molar-refractivity contribution >= 4 is 23.5 Å². The average molecular weight is 238 g/mol. The molecule has 0 aliphatic carbocycles. The summed E-state index contributed by atoms with van der Waals surface area (Å²) in [5.41, 5.74) is 0.793. The van der Waals surface area contributed by atoms with Crippen LogP contribution in [0.3, 0.4) is 0 Å². The van der Waals surface area contributed by atoms with E-state index in [4.69, 9.17) is 16.0 Å². The molecule has 0 saturated carbocycles. The van der Waals surface area contributed by atoms with Gasteiger partial charge >= 0.3 is 6.01 Å². The maximum absolute atomic E-state index is 11.0. The third-order valence-electron chi connectivity index (χ3n) is 1.81. The maximum Gasteiger partial charge on any atom is 0.322 e. The number of hydrogen-bond acceptors (Lipinski definition) is 4. The van der Waals surface area contributed by atoms with Crippen molar-refractivity contribution in [1.29, 1.82) is 0 Å². The van der Waals surface area contributed by atoms with Gasteiger partial charge in [-0.3, -0.25) is 10.1 Å². The van der Waals surface area contributed by atoms with Crippen molar-refractivity contribution in [3.8, 4) is 11.5 Å². The van der Waals surface area contributed by atoms with Crippen LogP contribution in [0.5, 0.6) is 0 Å². The molecule has 2 rings (SSSR count). The molecule has 1 aromatic carbocycles. The highest BCUT2D eigenvalue weighted by molar-refractivity contribution is 6.28. The lowest BCUT2D eigenvalue weighted by Gasteiger charge is -1.94. The predicted molar refractivity (Wildman–Crippen MR) is 59.1 cm³/mol. The molecular formula is C10H8ClN3O2. The van der Waals surface area contributed by atoms with Gasteiger partial charge in [0.1, 0.15) is 5.88 Å². The summed E-state index contributed by atoms with van der Waals surface area (Å²) in [5.74, 6) is -0.182. The van der Waals surface area contributed by atoms with E-state index >= 15 is 0 Å². The summed E-state index contributed by atoms with van der Waals surface area (Å²) in [5, 5.41) is 9.84. The van der Waals surface area contributed by atoms with Gasteiger partial charge in [0, 0.05) is 5.56 Å². The van der Waals surface area contributed by atoms with Gasteiger partial charge in [-0.05, 0) is 12.1 Å². The Kier molecular flexibility index (Phi) is 3.16. The number of halogens is 1. The summed E-state index contributed by atoms with van der Waals surface area (Å²) in [6.45, 7) is 0. The monoisotopic (exact) mass is 237 g/mol. The molecule has 0 aliphatic heterocycles. The Hall–Kier alpha value is -1.88. The van der Waals surface area contributed by atoms with E-state index in [1.165, 1.54) is 0 Å². The molecule has 0 fully saturated rings. The summed E-state index contributed by atoms with van der Waals surface area (Å²) < 4.78 is 5.23. The van der Waals surface area contributed by atoms with Crippen LogP contribution in [0.4, 0.5) is 6.01 Å². The quantitative estimate of drug-likeness (QED) is 0.828. The van der Waals surface area contributed by atoms with Gasteiger partial charge in [-0.25, -0.2) is 0 Å².